The fourth-order valence-corrected chi connectivity index (χ4v) is 2.55. The second-order valence-corrected chi connectivity index (χ2v) is 4.94. The van der Waals surface area contributed by atoms with Gasteiger partial charge in [0.25, 0.3) is 5.91 Å². The van der Waals surface area contributed by atoms with Crippen molar-refractivity contribution >= 4 is 5.91 Å². The maximum atomic E-state index is 11.9. The topological polar surface area (TPSA) is 69.3 Å². The Bertz CT molecular complexity index is 576. The van der Waals surface area contributed by atoms with Crippen molar-refractivity contribution < 1.29 is 13.9 Å². The Kier molecular flexibility index (Phi) is 3.56. The van der Waals surface area contributed by atoms with Crippen LogP contribution in [-0.2, 0) is 11.8 Å². The van der Waals surface area contributed by atoms with E-state index in [1.54, 1.807) is 12.3 Å². The molecule has 1 aliphatic heterocycles. The molecule has 0 unspecified atom stereocenters. The average molecular weight is 275 g/mol. The normalized spacial score (nSPS) is 22.1. The van der Waals surface area contributed by atoms with Crippen LogP contribution in [0.4, 0.5) is 0 Å². The molecule has 20 heavy (non-hydrogen) atoms. The first-order valence-electron chi connectivity index (χ1n) is 6.65. The molecule has 0 bridgehead atoms. The van der Waals surface area contributed by atoms with Gasteiger partial charge in [-0.05, 0) is 18.6 Å². The van der Waals surface area contributed by atoms with E-state index in [0.717, 1.165) is 12.1 Å². The van der Waals surface area contributed by atoms with Gasteiger partial charge in [-0.3, -0.25) is 9.48 Å². The SMILES string of the molecule is Cn1nccc1[C@@H]1OCC[C@H]1CNC(=O)c1ccoc1. The zero-order valence-corrected chi connectivity index (χ0v) is 11.3. The largest absolute Gasteiger partial charge is 0.472 e. The van der Waals surface area contributed by atoms with Gasteiger partial charge >= 0.3 is 0 Å². The number of ether oxygens (including phenoxy) is 1. The summed E-state index contributed by atoms with van der Waals surface area (Å²) in [5.41, 5.74) is 1.59. The lowest BCUT2D eigenvalue weighted by molar-refractivity contribution is 0.0801. The Morgan fingerprint density at radius 3 is 3.15 bits per heavy atom. The van der Waals surface area contributed by atoms with Crippen LogP contribution in [0.5, 0.6) is 0 Å². The summed E-state index contributed by atoms with van der Waals surface area (Å²) in [6.45, 7) is 1.29. The lowest BCUT2D eigenvalue weighted by Gasteiger charge is -2.19. The van der Waals surface area contributed by atoms with Crippen LogP contribution in [0.2, 0.25) is 0 Å². The number of furan rings is 1. The van der Waals surface area contributed by atoms with E-state index in [1.807, 2.05) is 17.8 Å². The van der Waals surface area contributed by atoms with Gasteiger partial charge in [-0.1, -0.05) is 0 Å². The Morgan fingerprint density at radius 1 is 1.55 bits per heavy atom. The minimum absolute atomic E-state index is 0.00727. The van der Waals surface area contributed by atoms with Crippen LogP contribution >= 0.6 is 0 Å². The molecule has 2 atom stereocenters. The van der Waals surface area contributed by atoms with Crippen molar-refractivity contribution in [3.63, 3.8) is 0 Å². The molecule has 0 radical (unpaired) electrons. The number of aryl methyl sites for hydroxylation is 1. The molecule has 6 nitrogen and oxygen atoms in total. The zero-order valence-electron chi connectivity index (χ0n) is 11.3. The lowest BCUT2D eigenvalue weighted by Crippen LogP contribution is -2.30. The number of carbonyl (C=O) groups excluding carboxylic acids is 1. The smallest absolute Gasteiger partial charge is 0.254 e. The highest BCUT2D eigenvalue weighted by atomic mass is 16.5. The predicted molar refractivity (Wildman–Crippen MR) is 71.0 cm³/mol. The van der Waals surface area contributed by atoms with Gasteiger partial charge in [0.15, 0.2) is 0 Å². The fraction of sp³-hybridized carbons (Fsp3) is 0.429. The van der Waals surface area contributed by atoms with E-state index in [-0.39, 0.29) is 17.9 Å². The zero-order chi connectivity index (χ0) is 13.9. The molecule has 2 aromatic heterocycles. The molecule has 3 rings (SSSR count). The Hall–Kier alpha value is -2.08. The van der Waals surface area contributed by atoms with Crippen LogP contribution < -0.4 is 5.32 Å². The highest BCUT2D eigenvalue weighted by Gasteiger charge is 2.31. The Balaban J connectivity index is 1.62. The summed E-state index contributed by atoms with van der Waals surface area (Å²) in [4.78, 5) is 11.9. The van der Waals surface area contributed by atoms with Gasteiger partial charge in [-0.2, -0.15) is 5.10 Å². The first kappa shape index (κ1) is 12.9. The number of aromatic nitrogens is 2. The maximum Gasteiger partial charge on any atom is 0.254 e. The number of carbonyl (C=O) groups is 1. The van der Waals surface area contributed by atoms with Crippen LogP contribution in [0.1, 0.15) is 28.6 Å². The van der Waals surface area contributed by atoms with E-state index in [0.29, 0.717) is 18.7 Å². The van der Waals surface area contributed by atoms with E-state index < -0.39 is 0 Å². The summed E-state index contributed by atoms with van der Waals surface area (Å²) in [5, 5.41) is 7.10. The van der Waals surface area contributed by atoms with Gasteiger partial charge in [-0.25, -0.2) is 0 Å². The highest BCUT2D eigenvalue weighted by Crippen LogP contribution is 2.33. The summed E-state index contributed by atoms with van der Waals surface area (Å²) in [6.07, 6.45) is 5.62. The number of nitrogens with zero attached hydrogens (tertiary/aromatic N) is 2. The monoisotopic (exact) mass is 275 g/mol. The predicted octanol–water partition coefficient (Wildman–Crippen LogP) is 1.52. The van der Waals surface area contributed by atoms with E-state index in [9.17, 15) is 4.79 Å². The van der Waals surface area contributed by atoms with E-state index in [2.05, 4.69) is 10.4 Å². The summed E-state index contributed by atoms with van der Waals surface area (Å²) >= 11 is 0. The molecule has 1 aliphatic rings. The quantitative estimate of drug-likeness (QED) is 0.918. The van der Waals surface area contributed by atoms with Crippen molar-refractivity contribution in [3.8, 4) is 0 Å². The van der Waals surface area contributed by atoms with Gasteiger partial charge < -0.3 is 14.5 Å². The van der Waals surface area contributed by atoms with Crippen LogP contribution in [0, 0.1) is 5.92 Å². The molecule has 3 heterocycles. The molecule has 1 saturated heterocycles. The molecule has 0 saturated carbocycles. The summed E-state index contributed by atoms with van der Waals surface area (Å²) in [7, 11) is 1.90. The number of amides is 1. The molecule has 0 spiro atoms. The fourth-order valence-electron chi connectivity index (χ4n) is 2.55. The first-order valence-corrected chi connectivity index (χ1v) is 6.65. The molecule has 6 heteroatoms. The number of hydrogen-bond acceptors (Lipinski definition) is 4. The number of rotatable bonds is 4. The van der Waals surface area contributed by atoms with Crippen LogP contribution in [0.3, 0.4) is 0 Å². The third-order valence-electron chi connectivity index (χ3n) is 3.67. The van der Waals surface area contributed by atoms with E-state index >= 15 is 0 Å². The van der Waals surface area contributed by atoms with Gasteiger partial charge in [0, 0.05) is 32.3 Å². The summed E-state index contributed by atoms with van der Waals surface area (Å²) in [5.74, 6) is 0.149. The summed E-state index contributed by atoms with van der Waals surface area (Å²) < 4.78 is 12.5. The molecular weight excluding hydrogens is 258 g/mol. The minimum atomic E-state index is -0.116. The van der Waals surface area contributed by atoms with E-state index in [4.69, 9.17) is 9.15 Å². The molecule has 1 fully saturated rings. The van der Waals surface area contributed by atoms with Gasteiger partial charge in [0.05, 0.1) is 17.5 Å². The second-order valence-electron chi connectivity index (χ2n) is 4.94. The van der Waals surface area contributed by atoms with Crippen molar-refractivity contribution in [2.75, 3.05) is 13.2 Å². The second kappa shape index (κ2) is 5.50. The molecule has 1 amide bonds. The van der Waals surface area contributed by atoms with Crippen molar-refractivity contribution in [3.05, 3.63) is 42.1 Å². The first-order chi connectivity index (χ1) is 9.75. The molecule has 2 aromatic rings. The summed E-state index contributed by atoms with van der Waals surface area (Å²) in [6, 6.07) is 3.61. The molecule has 0 aliphatic carbocycles. The third kappa shape index (κ3) is 2.46. The number of hydrogen-bond donors (Lipinski definition) is 1. The van der Waals surface area contributed by atoms with Crippen molar-refractivity contribution in [2.24, 2.45) is 13.0 Å². The van der Waals surface area contributed by atoms with Crippen molar-refractivity contribution in [2.45, 2.75) is 12.5 Å². The van der Waals surface area contributed by atoms with Gasteiger partial charge in [0.2, 0.25) is 0 Å². The Labute approximate surface area is 116 Å². The molecule has 106 valence electrons. The van der Waals surface area contributed by atoms with Crippen molar-refractivity contribution in [1.82, 2.24) is 15.1 Å². The van der Waals surface area contributed by atoms with Crippen LogP contribution in [0.15, 0.2) is 35.3 Å². The molecular formula is C14H17N3O3. The lowest BCUT2D eigenvalue weighted by atomic mass is 9.99. The average Bonchev–Trinajstić information content (AvgIpc) is 3.17. The molecule has 0 aromatic carbocycles. The minimum Gasteiger partial charge on any atom is -0.472 e. The standard InChI is InChI=1S/C14H17N3O3/c1-17-12(2-5-16-17)13-10(4-7-20-13)8-15-14(18)11-3-6-19-9-11/h2-3,5-6,9-10,13H,4,7-8H2,1H3,(H,15,18)/t10-,13+/m0/s1. The van der Waals surface area contributed by atoms with Crippen molar-refractivity contribution in [1.29, 1.82) is 0 Å². The number of nitrogens with one attached hydrogen (secondary N) is 1. The van der Waals surface area contributed by atoms with E-state index in [1.165, 1.54) is 12.5 Å². The van der Waals surface area contributed by atoms with Gasteiger partial charge in [0.1, 0.15) is 12.4 Å². The highest BCUT2D eigenvalue weighted by molar-refractivity contribution is 5.93. The van der Waals surface area contributed by atoms with Crippen LogP contribution in [-0.4, -0.2) is 28.8 Å². The maximum absolute atomic E-state index is 11.9. The van der Waals surface area contributed by atoms with Gasteiger partial charge in [-0.15, -0.1) is 0 Å². The Morgan fingerprint density at radius 2 is 2.45 bits per heavy atom. The third-order valence-corrected chi connectivity index (χ3v) is 3.67. The molecule has 1 N–H and O–H groups in total. The van der Waals surface area contributed by atoms with Crippen LogP contribution in [0.25, 0.3) is 0 Å².